The molecule has 0 saturated heterocycles. The van der Waals surface area contributed by atoms with E-state index in [4.69, 9.17) is 46.4 Å². The Kier molecular flexibility index (Phi) is 9.09. The molecule has 2 amide bonds. The first-order valence-electron chi connectivity index (χ1n) is 9.22. The lowest BCUT2D eigenvalue weighted by atomic mass is 10.1. The molecule has 8 heteroatoms. The Morgan fingerprint density at radius 3 is 2.21 bits per heavy atom. The van der Waals surface area contributed by atoms with Crippen molar-refractivity contribution >= 4 is 58.2 Å². The van der Waals surface area contributed by atoms with Crippen LogP contribution >= 0.6 is 46.4 Å². The molecule has 0 aliphatic rings. The summed E-state index contributed by atoms with van der Waals surface area (Å²) in [6, 6.07) is 9.43. The maximum atomic E-state index is 13.3. The van der Waals surface area contributed by atoms with Gasteiger partial charge in [-0.05, 0) is 43.2 Å². The Morgan fingerprint density at radius 2 is 1.66 bits per heavy atom. The number of nitrogens with zero attached hydrogens (tertiary/aromatic N) is 1. The number of carbonyl (C=O) groups excluding carboxylic acids is 2. The van der Waals surface area contributed by atoms with Gasteiger partial charge in [-0.25, -0.2) is 0 Å². The summed E-state index contributed by atoms with van der Waals surface area (Å²) in [5, 5.41) is 4.54. The van der Waals surface area contributed by atoms with Crippen LogP contribution in [0.4, 0.5) is 0 Å². The van der Waals surface area contributed by atoms with E-state index in [0.29, 0.717) is 44.2 Å². The second kappa shape index (κ2) is 11.1. The predicted molar refractivity (Wildman–Crippen MR) is 120 cm³/mol. The molecule has 1 atom stereocenters. The van der Waals surface area contributed by atoms with E-state index in [1.54, 1.807) is 36.4 Å². The molecule has 0 aliphatic heterocycles. The minimum atomic E-state index is -0.666. The normalized spacial score (nSPS) is 11.8. The van der Waals surface area contributed by atoms with Crippen molar-refractivity contribution in [3.8, 4) is 0 Å². The molecular weight excluding hydrogens is 454 g/mol. The van der Waals surface area contributed by atoms with Crippen molar-refractivity contribution < 1.29 is 9.59 Å². The fourth-order valence-electron chi connectivity index (χ4n) is 2.99. The smallest absolute Gasteiger partial charge is 0.242 e. The van der Waals surface area contributed by atoms with Crippen molar-refractivity contribution in [1.29, 1.82) is 0 Å². The number of likely N-dealkylation sites (N-methyl/N-ethyl adjacent to an activating group) is 1. The van der Waals surface area contributed by atoms with E-state index in [2.05, 4.69) is 5.32 Å². The Morgan fingerprint density at radius 1 is 1.00 bits per heavy atom. The summed E-state index contributed by atoms with van der Waals surface area (Å²) >= 11 is 24.8. The number of amides is 2. The summed E-state index contributed by atoms with van der Waals surface area (Å²) in [6.45, 7) is 4.25. The van der Waals surface area contributed by atoms with Crippen LogP contribution in [0.5, 0.6) is 0 Å². The van der Waals surface area contributed by atoms with Crippen LogP contribution in [0, 0.1) is 0 Å². The third kappa shape index (κ3) is 6.26. The second-order valence-corrected chi connectivity index (χ2v) is 8.11. The maximum absolute atomic E-state index is 13.3. The number of hydrogen-bond donors (Lipinski definition) is 1. The Balaban J connectivity index is 2.39. The summed E-state index contributed by atoms with van der Waals surface area (Å²) < 4.78 is 0. The summed E-state index contributed by atoms with van der Waals surface area (Å²) in [6.07, 6.45) is 0.460. The average Bonchev–Trinajstić information content (AvgIpc) is 2.66. The van der Waals surface area contributed by atoms with E-state index in [0.717, 1.165) is 0 Å². The molecular formula is C21H22Cl4N2O2. The van der Waals surface area contributed by atoms with Crippen LogP contribution in [0.15, 0.2) is 36.4 Å². The molecule has 29 heavy (non-hydrogen) atoms. The average molecular weight is 476 g/mol. The first-order valence-corrected chi connectivity index (χ1v) is 10.7. The molecule has 2 aromatic carbocycles. The van der Waals surface area contributed by atoms with Gasteiger partial charge >= 0.3 is 0 Å². The van der Waals surface area contributed by atoms with Crippen molar-refractivity contribution in [2.75, 3.05) is 6.54 Å². The van der Waals surface area contributed by atoms with Gasteiger partial charge in [0.25, 0.3) is 0 Å². The second-order valence-electron chi connectivity index (χ2n) is 6.45. The Labute approximate surface area is 191 Å². The molecule has 2 rings (SSSR count). The van der Waals surface area contributed by atoms with Crippen LogP contribution in [0.25, 0.3) is 0 Å². The van der Waals surface area contributed by atoms with Crippen LogP contribution in [0.1, 0.15) is 31.4 Å². The van der Waals surface area contributed by atoms with Crippen molar-refractivity contribution in [3.05, 3.63) is 67.6 Å². The van der Waals surface area contributed by atoms with E-state index >= 15 is 0 Å². The predicted octanol–water partition coefficient (Wildman–Crippen LogP) is 5.79. The fraction of sp³-hybridized carbons (Fsp3) is 0.333. The summed E-state index contributed by atoms with van der Waals surface area (Å²) in [5.74, 6) is -0.489. The number of nitrogens with one attached hydrogen (secondary N) is 1. The van der Waals surface area contributed by atoms with Gasteiger partial charge in [0.1, 0.15) is 6.04 Å². The van der Waals surface area contributed by atoms with Crippen molar-refractivity contribution in [3.63, 3.8) is 0 Å². The van der Waals surface area contributed by atoms with Crippen molar-refractivity contribution in [1.82, 2.24) is 10.2 Å². The standard InChI is InChI=1S/C21H22Cl4N2O2/c1-3-19(21(29)26-4-2)27(12-15-16(23)6-5-7-17(15)24)20(28)10-13-8-9-14(22)11-18(13)25/h5-9,11,19H,3-4,10,12H2,1-2H3,(H,26,29)/t19-/m0/s1. The van der Waals surface area contributed by atoms with Crippen LogP contribution in [-0.2, 0) is 22.6 Å². The van der Waals surface area contributed by atoms with Gasteiger partial charge < -0.3 is 10.2 Å². The Bertz CT molecular complexity index is 869. The molecule has 0 aromatic heterocycles. The third-order valence-corrected chi connectivity index (χ3v) is 5.78. The molecule has 0 fully saturated rings. The molecule has 0 radical (unpaired) electrons. The zero-order chi connectivity index (χ0) is 21.6. The van der Waals surface area contributed by atoms with Gasteiger partial charge in [-0.2, -0.15) is 0 Å². The highest BCUT2D eigenvalue weighted by Gasteiger charge is 2.29. The van der Waals surface area contributed by atoms with Crippen LogP contribution in [0.2, 0.25) is 20.1 Å². The first-order chi connectivity index (χ1) is 13.8. The number of carbonyl (C=O) groups is 2. The minimum absolute atomic E-state index is 0.0218. The van der Waals surface area contributed by atoms with Gasteiger partial charge in [-0.1, -0.05) is 65.5 Å². The van der Waals surface area contributed by atoms with E-state index < -0.39 is 6.04 Å². The highest BCUT2D eigenvalue weighted by Crippen LogP contribution is 2.28. The van der Waals surface area contributed by atoms with E-state index in [1.807, 2.05) is 13.8 Å². The molecule has 0 unspecified atom stereocenters. The summed E-state index contributed by atoms with van der Waals surface area (Å²) in [7, 11) is 0. The lowest BCUT2D eigenvalue weighted by molar-refractivity contribution is -0.140. The van der Waals surface area contributed by atoms with Gasteiger partial charge in [-0.3, -0.25) is 9.59 Å². The van der Waals surface area contributed by atoms with Crippen molar-refractivity contribution in [2.45, 2.75) is 39.3 Å². The van der Waals surface area contributed by atoms with Crippen LogP contribution < -0.4 is 5.32 Å². The molecule has 0 heterocycles. The van der Waals surface area contributed by atoms with E-state index in [-0.39, 0.29) is 24.8 Å². The molecule has 156 valence electrons. The molecule has 4 nitrogen and oxygen atoms in total. The van der Waals surface area contributed by atoms with Crippen molar-refractivity contribution in [2.24, 2.45) is 0 Å². The fourth-order valence-corrected chi connectivity index (χ4v) is 3.99. The van der Waals surface area contributed by atoms with Gasteiger partial charge in [0.05, 0.1) is 6.42 Å². The van der Waals surface area contributed by atoms with Gasteiger partial charge in [-0.15, -0.1) is 0 Å². The number of halogens is 4. The number of hydrogen-bond acceptors (Lipinski definition) is 2. The summed E-state index contributed by atoms with van der Waals surface area (Å²) in [4.78, 5) is 27.4. The molecule has 0 bridgehead atoms. The molecule has 2 aromatic rings. The molecule has 0 spiro atoms. The van der Waals surface area contributed by atoms with Crippen LogP contribution in [-0.4, -0.2) is 29.3 Å². The van der Waals surface area contributed by atoms with Crippen LogP contribution in [0.3, 0.4) is 0 Å². The van der Waals surface area contributed by atoms with Gasteiger partial charge in [0.2, 0.25) is 11.8 Å². The Hall–Kier alpha value is -1.46. The third-order valence-electron chi connectivity index (χ3n) is 4.48. The van der Waals surface area contributed by atoms with E-state index in [9.17, 15) is 9.59 Å². The lowest BCUT2D eigenvalue weighted by Crippen LogP contribution is -2.49. The lowest BCUT2D eigenvalue weighted by Gasteiger charge is -2.31. The topological polar surface area (TPSA) is 49.4 Å². The van der Waals surface area contributed by atoms with E-state index in [1.165, 1.54) is 4.90 Å². The number of rotatable bonds is 8. The first kappa shape index (κ1) is 23.8. The monoisotopic (exact) mass is 474 g/mol. The minimum Gasteiger partial charge on any atom is -0.355 e. The summed E-state index contributed by atoms with van der Waals surface area (Å²) in [5.41, 5.74) is 1.22. The van der Waals surface area contributed by atoms with Gasteiger partial charge in [0.15, 0.2) is 0 Å². The largest absolute Gasteiger partial charge is 0.355 e. The highest BCUT2D eigenvalue weighted by atomic mass is 35.5. The molecule has 0 saturated carbocycles. The maximum Gasteiger partial charge on any atom is 0.242 e. The number of benzene rings is 2. The zero-order valence-corrected chi connectivity index (χ0v) is 19.2. The molecule has 0 aliphatic carbocycles. The SMILES string of the molecule is CCNC(=O)[C@H](CC)N(Cc1c(Cl)cccc1Cl)C(=O)Cc1ccc(Cl)cc1Cl. The highest BCUT2D eigenvalue weighted by molar-refractivity contribution is 6.36. The molecule has 1 N–H and O–H groups in total. The van der Waals surface area contributed by atoms with Gasteiger partial charge in [0, 0.05) is 38.7 Å². The quantitative estimate of drug-likeness (QED) is 0.525. The zero-order valence-electron chi connectivity index (χ0n) is 16.1.